The van der Waals surface area contributed by atoms with Crippen LogP contribution in [0.4, 0.5) is 10.1 Å². The van der Waals surface area contributed by atoms with Crippen molar-refractivity contribution in [1.82, 2.24) is 10.1 Å². The van der Waals surface area contributed by atoms with Crippen molar-refractivity contribution in [3.8, 4) is 28.6 Å². The molecule has 0 atom stereocenters. The number of carbonyl (C=O) groups is 1. The van der Waals surface area contributed by atoms with Crippen molar-refractivity contribution in [1.29, 1.82) is 0 Å². The molecule has 1 aliphatic rings. The molecule has 26 heavy (non-hydrogen) atoms. The van der Waals surface area contributed by atoms with Crippen LogP contribution in [0.5, 0.6) is 5.75 Å². The molecule has 1 amide bonds. The maximum atomic E-state index is 13.4. The van der Waals surface area contributed by atoms with Gasteiger partial charge in [-0.1, -0.05) is 18.1 Å². The summed E-state index contributed by atoms with van der Waals surface area (Å²) in [7, 11) is 0. The Balaban J connectivity index is 1.70. The van der Waals surface area contributed by atoms with E-state index in [1.807, 2.05) is 13.0 Å². The van der Waals surface area contributed by atoms with E-state index in [2.05, 4.69) is 10.1 Å². The Kier molecular flexibility index (Phi) is 4.12. The molecule has 7 heteroatoms. The van der Waals surface area contributed by atoms with Crippen LogP contribution >= 0.6 is 0 Å². The molecule has 0 radical (unpaired) electrons. The summed E-state index contributed by atoms with van der Waals surface area (Å²) in [4.78, 5) is 18.2. The van der Waals surface area contributed by atoms with Crippen LogP contribution in [0.25, 0.3) is 22.8 Å². The van der Waals surface area contributed by atoms with Gasteiger partial charge in [-0.05, 0) is 42.8 Å². The van der Waals surface area contributed by atoms with E-state index in [4.69, 9.17) is 9.26 Å². The third kappa shape index (κ3) is 2.92. The average molecular weight is 353 g/mol. The molecule has 0 spiro atoms. The Morgan fingerprint density at radius 2 is 2.08 bits per heavy atom. The number of anilines is 1. The Morgan fingerprint density at radius 3 is 2.88 bits per heavy atom. The summed E-state index contributed by atoms with van der Waals surface area (Å²) in [5, 5.41) is 3.98. The van der Waals surface area contributed by atoms with Crippen molar-refractivity contribution >= 4 is 11.6 Å². The molecular formula is C19H16FN3O3. The molecule has 0 bridgehead atoms. The normalized spacial score (nSPS) is 13.5. The monoisotopic (exact) mass is 353 g/mol. The van der Waals surface area contributed by atoms with Gasteiger partial charge in [-0.2, -0.15) is 4.98 Å². The van der Waals surface area contributed by atoms with E-state index in [0.29, 0.717) is 34.9 Å². The SMILES string of the molecule is CCCN1C(=O)COc2ccc(-c3noc(-c4cccc(F)c4)n3)cc21. The lowest BCUT2D eigenvalue weighted by atomic mass is 10.1. The smallest absolute Gasteiger partial charge is 0.265 e. The molecule has 4 rings (SSSR count). The minimum atomic E-state index is -0.373. The standard InChI is InChI=1S/C19H16FN3O3/c1-2-8-23-15-10-12(6-7-16(15)25-11-17(23)24)18-21-19(26-22-18)13-4-3-5-14(20)9-13/h3-7,9-10H,2,8,11H2,1H3. The predicted octanol–water partition coefficient (Wildman–Crippen LogP) is 3.68. The average Bonchev–Trinajstić information content (AvgIpc) is 3.14. The van der Waals surface area contributed by atoms with Gasteiger partial charge in [-0.15, -0.1) is 0 Å². The summed E-state index contributed by atoms with van der Waals surface area (Å²) in [6.45, 7) is 2.66. The highest BCUT2D eigenvalue weighted by molar-refractivity contribution is 5.98. The second kappa shape index (κ2) is 6.59. The Morgan fingerprint density at radius 1 is 1.19 bits per heavy atom. The zero-order chi connectivity index (χ0) is 18.1. The number of hydrogen-bond acceptors (Lipinski definition) is 5. The minimum absolute atomic E-state index is 0.0400. The fourth-order valence-electron chi connectivity index (χ4n) is 2.89. The molecule has 6 nitrogen and oxygen atoms in total. The van der Waals surface area contributed by atoms with Gasteiger partial charge in [0.05, 0.1) is 5.69 Å². The number of rotatable bonds is 4. The molecule has 1 aromatic heterocycles. The number of ether oxygens (including phenoxy) is 1. The highest BCUT2D eigenvalue weighted by Gasteiger charge is 2.25. The first-order valence-electron chi connectivity index (χ1n) is 8.33. The first-order valence-corrected chi connectivity index (χ1v) is 8.33. The number of fused-ring (bicyclic) bond motifs is 1. The lowest BCUT2D eigenvalue weighted by Gasteiger charge is -2.29. The lowest BCUT2D eigenvalue weighted by molar-refractivity contribution is -0.121. The molecule has 0 N–H and O–H groups in total. The number of halogens is 1. The van der Waals surface area contributed by atoms with Gasteiger partial charge in [0.25, 0.3) is 11.8 Å². The van der Waals surface area contributed by atoms with Crippen LogP contribution < -0.4 is 9.64 Å². The van der Waals surface area contributed by atoms with Crippen LogP contribution in [0, 0.1) is 5.82 Å². The lowest BCUT2D eigenvalue weighted by Crippen LogP contribution is -2.39. The second-order valence-electron chi connectivity index (χ2n) is 5.95. The molecule has 0 saturated heterocycles. The van der Waals surface area contributed by atoms with Crippen molar-refractivity contribution in [2.24, 2.45) is 0 Å². The maximum Gasteiger partial charge on any atom is 0.265 e. The highest BCUT2D eigenvalue weighted by Crippen LogP contribution is 2.36. The number of hydrogen-bond donors (Lipinski definition) is 0. The van der Waals surface area contributed by atoms with E-state index in [-0.39, 0.29) is 24.2 Å². The maximum absolute atomic E-state index is 13.4. The summed E-state index contributed by atoms with van der Waals surface area (Å²) < 4.78 is 24.1. The quantitative estimate of drug-likeness (QED) is 0.716. The van der Waals surface area contributed by atoms with Crippen molar-refractivity contribution in [3.05, 3.63) is 48.3 Å². The molecule has 0 aliphatic carbocycles. The number of aromatic nitrogens is 2. The molecule has 1 aliphatic heterocycles. The van der Waals surface area contributed by atoms with Crippen LogP contribution in [0.2, 0.25) is 0 Å². The van der Waals surface area contributed by atoms with Crippen molar-refractivity contribution in [2.45, 2.75) is 13.3 Å². The number of amides is 1. The highest BCUT2D eigenvalue weighted by atomic mass is 19.1. The van der Waals surface area contributed by atoms with Crippen molar-refractivity contribution in [3.63, 3.8) is 0 Å². The van der Waals surface area contributed by atoms with Crippen LogP contribution in [0.15, 0.2) is 47.0 Å². The molecule has 132 valence electrons. The Labute approximate surface area is 149 Å². The molecular weight excluding hydrogens is 337 g/mol. The fourth-order valence-corrected chi connectivity index (χ4v) is 2.89. The molecule has 0 unspecified atom stereocenters. The minimum Gasteiger partial charge on any atom is -0.482 e. The van der Waals surface area contributed by atoms with Crippen LogP contribution in [-0.2, 0) is 4.79 Å². The van der Waals surface area contributed by atoms with Gasteiger partial charge >= 0.3 is 0 Å². The Hall–Kier alpha value is -3.22. The van der Waals surface area contributed by atoms with E-state index in [9.17, 15) is 9.18 Å². The van der Waals surface area contributed by atoms with Crippen molar-refractivity contribution in [2.75, 3.05) is 18.1 Å². The summed E-state index contributed by atoms with van der Waals surface area (Å²) >= 11 is 0. The largest absolute Gasteiger partial charge is 0.482 e. The zero-order valence-electron chi connectivity index (χ0n) is 14.1. The fraction of sp³-hybridized carbons (Fsp3) is 0.211. The molecule has 0 fully saturated rings. The van der Waals surface area contributed by atoms with Gasteiger partial charge in [-0.25, -0.2) is 4.39 Å². The van der Waals surface area contributed by atoms with E-state index in [0.717, 1.165) is 6.42 Å². The zero-order valence-corrected chi connectivity index (χ0v) is 14.1. The van der Waals surface area contributed by atoms with Crippen LogP contribution in [0.1, 0.15) is 13.3 Å². The van der Waals surface area contributed by atoms with E-state index in [1.165, 1.54) is 12.1 Å². The summed E-state index contributed by atoms with van der Waals surface area (Å²) in [6, 6.07) is 11.4. The molecule has 0 saturated carbocycles. The number of carbonyl (C=O) groups excluding carboxylic acids is 1. The van der Waals surface area contributed by atoms with Gasteiger partial charge in [0.1, 0.15) is 11.6 Å². The van der Waals surface area contributed by atoms with Crippen molar-refractivity contribution < 1.29 is 18.4 Å². The summed E-state index contributed by atoms with van der Waals surface area (Å²) in [5.41, 5.74) is 1.89. The first kappa shape index (κ1) is 16.3. The van der Waals surface area contributed by atoms with Gasteiger partial charge in [0, 0.05) is 17.7 Å². The van der Waals surface area contributed by atoms with E-state index < -0.39 is 0 Å². The van der Waals surface area contributed by atoms with Gasteiger partial charge in [0.15, 0.2) is 6.61 Å². The third-order valence-corrected chi connectivity index (χ3v) is 4.10. The van der Waals surface area contributed by atoms with Gasteiger partial charge < -0.3 is 14.2 Å². The number of nitrogens with zero attached hydrogens (tertiary/aromatic N) is 3. The van der Waals surface area contributed by atoms with E-state index >= 15 is 0 Å². The topological polar surface area (TPSA) is 68.5 Å². The van der Waals surface area contributed by atoms with E-state index in [1.54, 1.807) is 29.2 Å². The van der Waals surface area contributed by atoms with Gasteiger partial charge in [-0.3, -0.25) is 4.79 Å². The molecule has 2 heterocycles. The molecule has 2 aromatic carbocycles. The second-order valence-corrected chi connectivity index (χ2v) is 5.95. The molecule has 3 aromatic rings. The Bertz CT molecular complexity index is 970. The summed E-state index contributed by atoms with van der Waals surface area (Å²) in [5.74, 6) is 0.791. The third-order valence-electron chi connectivity index (χ3n) is 4.10. The predicted molar refractivity (Wildman–Crippen MR) is 93.3 cm³/mol. The van der Waals surface area contributed by atoms with Crippen LogP contribution in [0.3, 0.4) is 0 Å². The number of benzene rings is 2. The summed E-state index contributed by atoms with van der Waals surface area (Å²) in [6.07, 6.45) is 0.835. The van der Waals surface area contributed by atoms with Crippen LogP contribution in [-0.4, -0.2) is 29.2 Å². The first-order chi connectivity index (χ1) is 12.7. The van der Waals surface area contributed by atoms with Gasteiger partial charge in [0.2, 0.25) is 5.82 Å².